The van der Waals surface area contributed by atoms with Gasteiger partial charge in [-0.15, -0.1) is 0 Å². The lowest BCUT2D eigenvalue weighted by Gasteiger charge is -2.25. The van der Waals surface area contributed by atoms with E-state index in [4.69, 9.17) is 9.47 Å². The zero-order valence-corrected chi connectivity index (χ0v) is 23.9. The topological polar surface area (TPSA) is 126 Å². The van der Waals surface area contributed by atoms with Crippen molar-refractivity contribution < 1.29 is 27.5 Å². The Hall–Kier alpha value is -5.16. The molecule has 0 spiro atoms. The second-order valence-electron chi connectivity index (χ2n) is 9.01. The van der Waals surface area contributed by atoms with Crippen LogP contribution in [0.2, 0.25) is 0 Å². The van der Waals surface area contributed by atoms with Gasteiger partial charge in [-0.05, 0) is 72.6 Å². The van der Waals surface area contributed by atoms with Crippen molar-refractivity contribution in [2.24, 2.45) is 5.10 Å². The molecule has 2 N–H and O–H groups in total. The molecule has 0 radical (unpaired) electrons. The van der Waals surface area contributed by atoms with Crippen LogP contribution in [0.4, 0.5) is 11.4 Å². The van der Waals surface area contributed by atoms with Gasteiger partial charge in [-0.1, -0.05) is 48.5 Å². The highest BCUT2D eigenvalue weighted by Crippen LogP contribution is 2.26. The van der Waals surface area contributed by atoms with Gasteiger partial charge < -0.3 is 14.8 Å². The van der Waals surface area contributed by atoms with E-state index in [0.29, 0.717) is 34.0 Å². The third-order valence-corrected chi connectivity index (χ3v) is 7.81. The molecule has 0 saturated heterocycles. The van der Waals surface area contributed by atoms with Gasteiger partial charge in [0.05, 0.1) is 29.6 Å². The fraction of sp³-hybridized carbons (Fsp3) is 0.129. The molecule has 10 nitrogen and oxygen atoms in total. The number of hydrogen-bond donors (Lipinski definition) is 2. The van der Waals surface area contributed by atoms with E-state index in [1.54, 1.807) is 97.9 Å². The van der Waals surface area contributed by atoms with Gasteiger partial charge in [0.2, 0.25) is 0 Å². The Morgan fingerprint density at radius 3 is 2.24 bits per heavy atom. The Kier molecular flexibility index (Phi) is 9.90. The normalized spacial score (nSPS) is 11.1. The number of nitrogens with zero attached hydrogens (tertiary/aromatic N) is 2. The van der Waals surface area contributed by atoms with Gasteiger partial charge >= 0.3 is 0 Å². The van der Waals surface area contributed by atoms with Crippen LogP contribution in [0.3, 0.4) is 0 Å². The fourth-order valence-electron chi connectivity index (χ4n) is 3.94. The number of methoxy groups -OCH3 is 1. The molecule has 0 atom stereocenters. The number of anilines is 2. The zero-order valence-electron chi connectivity index (χ0n) is 23.1. The maximum atomic E-state index is 13.4. The maximum absolute atomic E-state index is 13.4. The molecule has 0 bridgehead atoms. The number of hydrogen-bond acceptors (Lipinski definition) is 7. The van der Waals surface area contributed by atoms with Gasteiger partial charge in [-0.3, -0.25) is 13.9 Å². The standard InChI is InChI=1S/C31H30N4O6S/c1-23-10-6-8-14-28(23)35(42(38,39)26-11-4-3-5-12-26)21-30(36)34-32-20-24-16-18-25(19-17-24)41-22-31(37)33-27-13-7-9-15-29(27)40-2/h3-20H,21-22H2,1-2H3,(H,33,37)(H,34,36)/b32-20-. The number of aryl methyl sites for hydroxylation is 1. The van der Waals surface area contributed by atoms with E-state index in [9.17, 15) is 18.0 Å². The smallest absolute Gasteiger partial charge is 0.264 e. The molecule has 216 valence electrons. The van der Waals surface area contributed by atoms with Crippen molar-refractivity contribution in [1.29, 1.82) is 0 Å². The molecule has 0 heterocycles. The third kappa shape index (κ3) is 7.73. The third-order valence-electron chi connectivity index (χ3n) is 6.04. The van der Waals surface area contributed by atoms with Crippen molar-refractivity contribution >= 4 is 39.4 Å². The molecule has 42 heavy (non-hydrogen) atoms. The minimum atomic E-state index is -4.01. The first-order chi connectivity index (χ1) is 20.3. The fourth-order valence-corrected chi connectivity index (χ4v) is 5.45. The zero-order chi connectivity index (χ0) is 30.0. The largest absolute Gasteiger partial charge is 0.495 e. The molecule has 0 aliphatic rings. The first-order valence-corrected chi connectivity index (χ1v) is 14.3. The van der Waals surface area contributed by atoms with E-state index >= 15 is 0 Å². The number of amides is 2. The van der Waals surface area contributed by atoms with E-state index in [0.717, 1.165) is 4.31 Å². The number of carbonyl (C=O) groups excluding carboxylic acids is 2. The van der Waals surface area contributed by atoms with Crippen LogP contribution in [0.5, 0.6) is 11.5 Å². The Morgan fingerprint density at radius 2 is 1.52 bits per heavy atom. The van der Waals surface area contributed by atoms with E-state index in [-0.39, 0.29) is 17.4 Å². The number of para-hydroxylation sites is 3. The summed E-state index contributed by atoms with van der Waals surface area (Å²) in [7, 11) is -2.49. The number of rotatable bonds is 12. The maximum Gasteiger partial charge on any atom is 0.264 e. The molecule has 0 aliphatic heterocycles. The second kappa shape index (κ2) is 14.0. The Morgan fingerprint density at radius 1 is 0.857 bits per heavy atom. The van der Waals surface area contributed by atoms with Crippen molar-refractivity contribution in [2.75, 3.05) is 29.9 Å². The predicted octanol–water partition coefficient (Wildman–Crippen LogP) is 4.37. The molecule has 0 fully saturated rings. The van der Waals surface area contributed by atoms with E-state index < -0.39 is 22.5 Å². The molecular weight excluding hydrogens is 556 g/mol. The van der Waals surface area contributed by atoms with Crippen LogP contribution < -0.4 is 24.5 Å². The first-order valence-electron chi connectivity index (χ1n) is 12.9. The van der Waals surface area contributed by atoms with Crippen molar-refractivity contribution in [3.8, 4) is 11.5 Å². The van der Waals surface area contributed by atoms with Crippen LogP contribution >= 0.6 is 0 Å². The summed E-state index contributed by atoms with van der Waals surface area (Å²) < 4.78 is 38.7. The summed E-state index contributed by atoms with van der Waals surface area (Å²) in [6.45, 7) is 1.10. The molecule has 4 aromatic carbocycles. The Balaban J connectivity index is 1.34. The lowest BCUT2D eigenvalue weighted by molar-refractivity contribution is -0.119. The summed E-state index contributed by atoms with van der Waals surface area (Å²) in [5.41, 5.74) is 4.68. The number of ether oxygens (including phenoxy) is 2. The summed E-state index contributed by atoms with van der Waals surface area (Å²) >= 11 is 0. The molecule has 0 saturated carbocycles. The second-order valence-corrected chi connectivity index (χ2v) is 10.9. The van der Waals surface area contributed by atoms with Crippen LogP contribution in [0, 0.1) is 6.92 Å². The number of nitrogens with one attached hydrogen (secondary N) is 2. The van der Waals surface area contributed by atoms with Gasteiger partial charge in [0.25, 0.3) is 21.8 Å². The van der Waals surface area contributed by atoms with Crippen LogP contribution in [0.15, 0.2) is 113 Å². The molecule has 0 aliphatic carbocycles. The SMILES string of the molecule is COc1ccccc1NC(=O)COc1ccc(/C=N\NC(=O)CN(c2ccccc2C)S(=O)(=O)c2ccccc2)cc1. The minimum Gasteiger partial charge on any atom is -0.495 e. The average Bonchev–Trinajstić information content (AvgIpc) is 3.00. The molecule has 4 rings (SSSR count). The molecule has 4 aromatic rings. The predicted molar refractivity (Wildman–Crippen MR) is 161 cm³/mol. The first kappa shape index (κ1) is 29.8. The average molecular weight is 587 g/mol. The summed E-state index contributed by atoms with van der Waals surface area (Å²) in [6.07, 6.45) is 1.42. The number of carbonyl (C=O) groups is 2. The van der Waals surface area contributed by atoms with Gasteiger partial charge in [0.1, 0.15) is 18.0 Å². The summed E-state index contributed by atoms with van der Waals surface area (Å²) in [5.74, 6) is 0.0468. The highest BCUT2D eigenvalue weighted by atomic mass is 32.2. The van der Waals surface area contributed by atoms with Crippen molar-refractivity contribution in [1.82, 2.24) is 5.43 Å². The van der Waals surface area contributed by atoms with Crippen LogP contribution in [0.1, 0.15) is 11.1 Å². The van der Waals surface area contributed by atoms with Crippen LogP contribution in [-0.4, -0.2) is 46.7 Å². The molecular formula is C31H30N4O6S. The molecule has 11 heteroatoms. The van der Waals surface area contributed by atoms with Crippen molar-refractivity contribution in [2.45, 2.75) is 11.8 Å². The summed E-state index contributed by atoms with van der Waals surface area (Å²) in [5, 5.41) is 6.71. The van der Waals surface area contributed by atoms with E-state index in [1.165, 1.54) is 25.5 Å². The Bertz CT molecular complexity index is 1660. The van der Waals surface area contributed by atoms with E-state index in [1.807, 2.05) is 0 Å². The number of hydrazone groups is 1. The monoisotopic (exact) mass is 586 g/mol. The van der Waals surface area contributed by atoms with Gasteiger partial charge in [-0.2, -0.15) is 5.10 Å². The van der Waals surface area contributed by atoms with Gasteiger partial charge in [-0.25, -0.2) is 13.8 Å². The van der Waals surface area contributed by atoms with Crippen LogP contribution in [0.25, 0.3) is 0 Å². The molecule has 0 unspecified atom stereocenters. The molecule has 0 aromatic heterocycles. The van der Waals surface area contributed by atoms with Gasteiger partial charge in [0.15, 0.2) is 6.61 Å². The van der Waals surface area contributed by atoms with Crippen molar-refractivity contribution in [3.63, 3.8) is 0 Å². The van der Waals surface area contributed by atoms with E-state index in [2.05, 4.69) is 15.8 Å². The molecule has 2 amide bonds. The number of sulfonamides is 1. The summed E-state index contributed by atoms with van der Waals surface area (Å²) in [6, 6.07) is 28.6. The lowest BCUT2D eigenvalue weighted by Crippen LogP contribution is -2.40. The van der Waals surface area contributed by atoms with Gasteiger partial charge in [0, 0.05) is 0 Å². The highest BCUT2D eigenvalue weighted by Gasteiger charge is 2.28. The van der Waals surface area contributed by atoms with Crippen molar-refractivity contribution in [3.05, 3.63) is 114 Å². The quantitative estimate of drug-likeness (QED) is 0.188. The highest BCUT2D eigenvalue weighted by molar-refractivity contribution is 7.92. The van der Waals surface area contributed by atoms with Crippen LogP contribution in [-0.2, 0) is 19.6 Å². The lowest BCUT2D eigenvalue weighted by atomic mass is 10.2. The number of benzene rings is 4. The Labute approximate surface area is 244 Å². The summed E-state index contributed by atoms with van der Waals surface area (Å²) in [4.78, 5) is 25.1. The minimum absolute atomic E-state index is 0.0733.